The molecule has 0 aliphatic heterocycles. The highest BCUT2D eigenvalue weighted by atomic mass is 32.2. The maximum atomic E-state index is 12.6. The average Bonchev–Trinajstić information content (AvgIpc) is 2.92. The Balaban J connectivity index is 2.29. The zero-order valence-corrected chi connectivity index (χ0v) is 11.4. The van der Waals surface area contributed by atoms with Crippen molar-refractivity contribution in [3.8, 4) is 0 Å². The zero-order chi connectivity index (χ0) is 14.2. The summed E-state index contributed by atoms with van der Waals surface area (Å²) in [6.07, 6.45) is 6.16. The normalized spacial score (nSPS) is 11.6. The third-order valence-corrected chi connectivity index (χ3v) is 4.82. The van der Waals surface area contributed by atoms with Crippen LogP contribution in [0.2, 0.25) is 0 Å². The van der Waals surface area contributed by atoms with Crippen LogP contribution < -0.4 is 0 Å². The van der Waals surface area contributed by atoms with E-state index in [2.05, 4.69) is 11.6 Å². The largest absolute Gasteiger partial charge is 0.269 e. The molecule has 0 radical (unpaired) electrons. The van der Waals surface area contributed by atoms with E-state index in [-0.39, 0.29) is 4.90 Å². The fourth-order valence-corrected chi connectivity index (χ4v) is 3.48. The summed E-state index contributed by atoms with van der Waals surface area (Å²) in [4.78, 5) is 4.03. The zero-order valence-electron chi connectivity index (χ0n) is 10.6. The van der Waals surface area contributed by atoms with Gasteiger partial charge in [0.1, 0.15) is 4.90 Å². The summed E-state index contributed by atoms with van der Waals surface area (Å²) < 4.78 is 26.5. The first-order valence-electron chi connectivity index (χ1n) is 6.03. The lowest BCUT2D eigenvalue weighted by atomic mass is 10.1. The number of nitrogens with zero attached hydrogens (tertiary/aromatic N) is 2. The van der Waals surface area contributed by atoms with Crippen LogP contribution in [0.5, 0.6) is 0 Å². The van der Waals surface area contributed by atoms with Gasteiger partial charge in [0, 0.05) is 24.0 Å². The van der Waals surface area contributed by atoms with Gasteiger partial charge in [-0.2, -0.15) is 0 Å². The van der Waals surface area contributed by atoms with Crippen molar-refractivity contribution in [2.75, 3.05) is 0 Å². The van der Waals surface area contributed by atoms with Crippen molar-refractivity contribution >= 4 is 27.0 Å². The number of rotatable bonds is 3. The monoisotopic (exact) mass is 284 g/mol. The quantitative estimate of drug-likeness (QED) is 0.743. The van der Waals surface area contributed by atoms with Gasteiger partial charge < -0.3 is 0 Å². The van der Waals surface area contributed by atoms with Crippen molar-refractivity contribution in [1.29, 1.82) is 0 Å². The molecule has 0 aliphatic carbocycles. The second-order valence-electron chi connectivity index (χ2n) is 4.29. The van der Waals surface area contributed by atoms with Gasteiger partial charge in [-0.05, 0) is 29.8 Å². The minimum absolute atomic E-state index is 0.168. The van der Waals surface area contributed by atoms with Crippen LogP contribution in [0.15, 0.2) is 66.5 Å². The maximum Gasteiger partial charge on any atom is 0.269 e. The molecule has 3 aromatic rings. The van der Waals surface area contributed by atoms with E-state index >= 15 is 0 Å². The predicted octanol–water partition coefficient (Wildman–Crippen LogP) is 2.92. The maximum absolute atomic E-state index is 12.6. The first-order valence-corrected chi connectivity index (χ1v) is 7.47. The van der Waals surface area contributed by atoms with Crippen LogP contribution >= 0.6 is 0 Å². The fourth-order valence-electron chi connectivity index (χ4n) is 2.17. The summed E-state index contributed by atoms with van der Waals surface area (Å²) in [5.41, 5.74) is 1.54. The minimum atomic E-state index is -3.63. The molecule has 4 nitrogen and oxygen atoms in total. The third kappa shape index (κ3) is 1.83. The van der Waals surface area contributed by atoms with Crippen molar-refractivity contribution in [2.24, 2.45) is 0 Å². The van der Waals surface area contributed by atoms with Crippen molar-refractivity contribution < 1.29 is 8.42 Å². The topological polar surface area (TPSA) is 52.0 Å². The molecule has 100 valence electrons. The van der Waals surface area contributed by atoms with Gasteiger partial charge in [-0.1, -0.05) is 24.8 Å². The summed E-state index contributed by atoms with van der Waals surface area (Å²) in [5.74, 6) is 0. The summed E-state index contributed by atoms with van der Waals surface area (Å²) >= 11 is 0. The smallest absolute Gasteiger partial charge is 0.263 e. The van der Waals surface area contributed by atoms with Crippen molar-refractivity contribution in [1.82, 2.24) is 8.96 Å². The average molecular weight is 284 g/mol. The van der Waals surface area contributed by atoms with Gasteiger partial charge in [0.2, 0.25) is 0 Å². The molecule has 3 rings (SSSR count). The number of hydrogen-bond acceptors (Lipinski definition) is 3. The van der Waals surface area contributed by atoms with Gasteiger partial charge in [-0.3, -0.25) is 4.98 Å². The molecule has 0 fully saturated rings. The Hall–Kier alpha value is -2.40. The van der Waals surface area contributed by atoms with Crippen molar-refractivity contribution in [3.63, 3.8) is 0 Å². The Morgan fingerprint density at radius 2 is 2.00 bits per heavy atom. The molecular weight excluding hydrogens is 272 g/mol. The molecule has 0 spiro atoms. The van der Waals surface area contributed by atoms with E-state index in [1.165, 1.54) is 16.2 Å². The van der Waals surface area contributed by atoms with Crippen LogP contribution in [0.3, 0.4) is 0 Å². The molecule has 0 aliphatic rings. The fraction of sp³-hybridized carbons (Fsp3) is 0. The number of fused-ring (bicyclic) bond motifs is 1. The van der Waals surface area contributed by atoms with Gasteiger partial charge in [0.05, 0.1) is 5.52 Å². The second-order valence-corrected chi connectivity index (χ2v) is 6.10. The summed E-state index contributed by atoms with van der Waals surface area (Å²) in [6.45, 7) is 3.74. The van der Waals surface area contributed by atoms with Crippen LogP contribution in [0.1, 0.15) is 5.56 Å². The van der Waals surface area contributed by atoms with Crippen LogP contribution in [0.25, 0.3) is 17.0 Å². The standard InChI is InChI=1S/C15H12N2O2S/c1-2-12-5-3-7-15-14(12)8-10-17(15)20(18,19)13-6-4-9-16-11-13/h2-11H,1H2. The highest BCUT2D eigenvalue weighted by Crippen LogP contribution is 2.24. The van der Waals surface area contributed by atoms with E-state index in [9.17, 15) is 8.42 Å². The van der Waals surface area contributed by atoms with Crippen molar-refractivity contribution in [2.45, 2.75) is 4.90 Å². The molecule has 5 heteroatoms. The van der Waals surface area contributed by atoms with Crippen molar-refractivity contribution in [3.05, 3.63) is 67.1 Å². The molecule has 0 amide bonds. The highest BCUT2D eigenvalue weighted by Gasteiger charge is 2.19. The summed E-state index contributed by atoms with van der Waals surface area (Å²) in [7, 11) is -3.63. The molecule has 0 atom stereocenters. The number of hydrogen-bond donors (Lipinski definition) is 0. The molecule has 20 heavy (non-hydrogen) atoms. The van der Waals surface area contributed by atoms with Gasteiger partial charge in [0.25, 0.3) is 10.0 Å². The Morgan fingerprint density at radius 3 is 2.70 bits per heavy atom. The van der Waals surface area contributed by atoms with E-state index in [0.717, 1.165) is 10.9 Å². The lowest BCUT2D eigenvalue weighted by molar-refractivity contribution is 0.588. The summed E-state index contributed by atoms with van der Waals surface area (Å²) in [6, 6.07) is 10.4. The van der Waals surface area contributed by atoms with Crippen LogP contribution in [0, 0.1) is 0 Å². The first kappa shape index (κ1) is 12.6. The van der Waals surface area contributed by atoms with Gasteiger partial charge in [-0.25, -0.2) is 12.4 Å². The van der Waals surface area contributed by atoms with E-state index in [1.807, 2.05) is 12.1 Å². The molecule has 2 aromatic heterocycles. The van der Waals surface area contributed by atoms with E-state index in [1.54, 1.807) is 36.7 Å². The van der Waals surface area contributed by atoms with Crippen LogP contribution in [-0.2, 0) is 10.0 Å². The summed E-state index contributed by atoms with van der Waals surface area (Å²) in [5, 5.41) is 0.856. The van der Waals surface area contributed by atoms with E-state index < -0.39 is 10.0 Å². The Bertz CT molecular complexity index is 881. The van der Waals surface area contributed by atoms with Crippen LogP contribution in [-0.4, -0.2) is 17.4 Å². The van der Waals surface area contributed by atoms with Gasteiger partial charge in [-0.15, -0.1) is 0 Å². The SMILES string of the molecule is C=Cc1cccc2c1ccn2S(=O)(=O)c1cccnc1. The molecule has 0 N–H and O–H groups in total. The van der Waals surface area contributed by atoms with E-state index in [0.29, 0.717) is 5.52 Å². The van der Waals surface area contributed by atoms with Gasteiger partial charge in [0.15, 0.2) is 0 Å². The molecule has 1 aromatic carbocycles. The molecule has 0 unspecified atom stereocenters. The molecule has 0 saturated carbocycles. The molecular formula is C15H12N2O2S. The van der Waals surface area contributed by atoms with Crippen LogP contribution in [0.4, 0.5) is 0 Å². The Labute approximate surface area is 117 Å². The lowest BCUT2D eigenvalue weighted by Gasteiger charge is -2.07. The third-order valence-electron chi connectivity index (χ3n) is 3.14. The number of aromatic nitrogens is 2. The minimum Gasteiger partial charge on any atom is -0.263 e. The Morgan fingerprint density at radius 1 is 1.15 bits per heavy atom. The highest BCUT2D eigenvalue weighted by molar-refractivity contribution is 7.90. The first-order chi connectivity index (χ1) is 9.64. The van der Waals surface area contributed by atoms with E-state index in [4.69, 9.17) is 0 Å². The molecule has 0 saturated heterocycles. The second kappa shape index (κ2) is 4.61. The molecule has 2 heterocycles. The lowest BCUT2D eigenvalue weighted by Crippen LogP contribution is -2.11. The molecule has 0 bridgehead atoms. The number of pyridine rings is 1. The number of benzene rings is 1. The Kier molecular flexibility index (Phi) is 2.91. The predicted molar refractivity (Wildman–Crippen MR) is 78.8 cm³/mol. The van der Waals surface area contributed by atoms with Gasteiger partial charge >= 0.3 is 0 Å².